The molecule has 4 heterocycles. The highest BCUT2D eigenvalue weighted by atomic mass is 16.5. The number of anilines is 1. The second-order valence-electron chi connectivity index (χ2n) is 9.07. The molecule has 2 fully saturated rings. The predicted octanol–water partition coefficient (Wildman–Crippen LogP) is 4.01. The van der Waals surface area contributed by atoms with Gasteiger partial charge in [-0.2, -0.15) is 0 Å². The topological polar surface area (TPSA) is 67.2 Å². The zero-order valence-electron chi connectivity index (χ0n) is 18.8. The van der Waals surface area contributed by atoms with Crippen molar-refractivity contribution in [2.45, 2.75) is 25.3 Å². The summed E-state index contributed by atoms with van der Waals surface area (Å²) in [6.07, 6.45) is 6.19. The van der Waals surface area contributed by atoms with Gasteiger partial charge in [0, 0.05) is 44.1 Å². The molecule has 2 aromatic carbocycles. The standard InChI is InChI=1S/C26H28N6O/c1-19-3-5-20(6-4-19)31-18-30-23-13-22(8-9-24(23)31)33-25-10-7-21(14-29-25)32-12-2-11-26(32)15-27-17-28-16-26/h3-10,13-14,18,27-28H,2,11-12,15-17H2,1H3. The Kier molecular flexibility index (Phi) is 5.00. The minimum atomic E-state index is 0.142. The van der Waals surface area contributed by atoms with Gasteiger partial charge in [0.1, 0.15) is 12.1 Å². The number of pyridine rings is 1. The summed E-state index contributed by atoms with van der Waals surface area (Å²) in [7, 11) is 0. The van der Waals surface area contributed by atoms with Gasteiger partial charge in [0.15, 0.2) is 0 Å². The van der Waals surface area contributed by atoms with Crippen molar-refractivity contribution in [1.82, 2.24) is 25.2 Å². The van der Waals surface area contributed by atoms with E-state index in [9.17, 15) is 0 Å². The highest BCUT2D eigenvalue weighted by Gasteiger charge is 2.42. The van der Waals surface area contributed by atoms with Gasteiger partial charge >= 0.3 is 0 Å². The zero-order chi connectivity index (χ0) is 22.3. The number of hydrogen-bond donors (Lipinski definition) is 2. The van der Waals surface area contributed by atoms with Gasteiger partial charge in [-0.05, 0) is 50.1 Å². The Morgan fingerprint density at radius 2 is 1.76 bits per heavy atom. The number of hydrogen-bond acceptors (Lipinski definition) is 6. The third kappa shape index (κ3) is 3.73. The number of nitrogens with zero attached hydrogens (tertiary/aromatic N) is 4. The lowest BCUT2D eigenvalue weighted by molar-refractivity contribution is 0.316. The van der Waals surface area contributed by atoms with Crippen molar-refractivity contribution in [3.63, 3.8) is 0 Å². The molecule has 2 N–H and O–H groups in total. The fourth-order valence-corrected chi connectivity index (χ4v) is 5.13. The van der Waals surface area contributed by atoms with E-state index in [0.717, 1.165) is 54.5 Å². The largest absolute Gasteiger partial charge is 0.439 e. The Morgan fingerprint density at radius 3 is 2.55 bits per heavy atom. The summed E-state index contributed by atoms with van der Waals surface area (Å²) in [4.78, 5) is 11.7. The quantitative estimate of drug-likeness (QED) is 0.500. The van der Waals surface area contributed by atoms with Crippen LogP contribution in [-0.2, 0) is 0 Å². The third-order valence-corrected chi connectivity index (χ3v) is 6.84. The molecule has 33 heavy (non-hydrogen) atoms. The number of fused-ring (bicyclic) bond motifs is 1. The van der Waals surface area contributed by atoms with Crippen molar-refractivity contribution in [3.8, 4) is 17.3 Å². The number of nitrogens with one attached hydrogen (secondary N) is 2. The number of imidazole rings is 1. The van der Waals surface area contributed by atoms with Crippen LogP contribution in [0.5, 0.6) is 11.6 Å². The summed E-state index contributed by atoms with van der Waals surface area (Å²) in [5.41, 5.74) is 5.56. The van der Waals surface area contributed by atoms with E-state index < -0.39 is 0 Å². The number of rotatable bonds is 4. The molecule has 0 amide bonds. The monoisotopic (exact) mass is 440 g/mol. The molecule has 0 aliphatic carbocycles. The third-order valence-electron chi connectivity index (χ3n) is 6.84. The molecule has 2 aromatic heterocycles. The minimum absolute atomic E-state index is 0.142. The van der Waals surface area contributed by atoms with Crippen molar-refractivity contribution in [3.05, 3.63) is 72.7 Å². The fourth-order valence-electron chi connectivity index (χ4n) is 5.13. The van der Waals surface area contributed by atoms with Crippen LogP contribution in [-0.4, -0.2) is 46.4 Å². The molecule has 0 saturated carbocycles. The number of benzene rings is 2. The molecule has 0 radical (unpaired) electrons. The van der Waals surface area contributed by atoms with E-state index in [1.165, 1.54) is 18.4 Å². The van der Waals surface area contributed by atoms with Gasteiger partial charge in [-0.3, -0.25) is 4.57 Å². The summed E-state index contributed by atoms with van der Waals surface area (Å²) in [5.74, 6) is 1.32. The highest BCUT2D eigenvalue weighted by Crippen LogP contribution is 2.35. The van der Waals surface area contributed by atoms with Crippen molar-refractivity contribution in [2.75, 3.05) is 31.2 Å². The van der Waals surface area contributed by atoms with E-state index in [-0.39, 0.29) is 5.54 Å². The lowest BCUT2D eigenvalue weighted by atomic mass is 9.94. The molecule has 0 bridgehead atoms. The maximum absolute atomic E-state index is 6.07. The van der Waals surface area contributed by atoms with Crippen molar-refractivity contribution < 1.29 is 4.74 Å². The predicted molar refractivity (Wildman–Crippen MR) is 130 cm³/mol. The first-order valence-corrected chi connectivity index (χ1v) is 11.6. The Morgan fingerprint density at radius 1 is 0.939 bits per heavy atom. The molecule has 2 aliphatic rings. The Hall–Kier alpha value is -3.42. The first-order chi connectivity index (χ1) is 16.2. The van der Waals surface area contributed by atoms with Crippen LogP contribution in [0.1, 0.15) is 18.4 Å². The number of aryl methyl sites for hydroxylation is 1. The molecule has 6 rings (SSSR count). The smallest absolute Gasteiger partial charge is 0.219 e. The highest BCUT2D eigenvalue weighted by molar-refractivity contribution is 5.79. The van der Waals surface area contributed by atoms with Crippen LogP contribution < -0.4 is 20.3 Å². The van der Waals surface area contributed by atoms with Crippen LogP contribution in [0.2, 0.25) is 0 Å². The van der Waals surface area contributed by atoms with E-state index in [0.29, 0.717) is 5.88 Å². The van der Waals surface area contributed by atoms with Gasteiger partial charge in [-0.15, -0.1) is 0 Å². The first kappa shape index (κ1) is 20.2. The van der Waals surface area contributed by atoms with Gasteiger partial charge in [-0.25, -0.2) is 9.97 Å². The first-order valence-electron chi connectivity index (χ1n) is 11.6. The van der Waals surface area contributed by atoms with Gasteiger partial charge in [-0.1, -0.05) is 17.7 Å². The van der Waals surface area contributed by atoms with Crippen molar-refractivity contribution in [1.29, 1.82) is 0 Å². The SMILES string of the molecule is Cc1ccc(-n2cnc3cc(Oc4ccc(N5CCCC56CNCNC6)cn4)ccc32)cc1. The Bertz CT molecular complexity index is 1260. The van der Waals surface area contributed by atoms with Gasteiger partial charge in [0.05, 0.1) is 28.5 Å². The number of ether oxygens (including phenoxy) is 1. The summed E-state index contributed by atoms with van der Waals surface area (Å²) in [5, 5.41) is 6.97. The van der Waals surface area contributed by atoms with Crippen LogP contribution in [0.25, 0.3) is 16.7 Å². The van der Waals surface area contributed by atoms with E-state index in [1.807, 2.05) is 36.8 Å². The van der Waals surface area contributed by atoms with E-state index in [1.54, 1.807) is 0 Å². The molecule has 7 nitrogen and oxygen atoms in total. The molecule has 7 heteroatoms. The van der Waals surface area contributed by atoms with Crippen LogP contribution in [0.4, 0.5) is 5.69 Å². The minimum Gasteiger partial charge on any atom is -0.439 e. The van der Waals surface area contributed by atoms with E-state index in [2.05, 4.69) is 67.3 Å². The van der Waals surface area contributed by atoms with Crippen LogP contribution in [0, 0.1) is 6.92 Å². The average Bonchev–Trinajstić information content (AvgIpc) is 3.45. The molecule has 2 saturated heterocycles. The van der Waals surface area contributed by atoms with Crippen LogP contribution in [0.15, 0.2) is 67.1 Å². The zero-order valence-corrected chi connectivity index (χ0v) is 18.8. The molecule has 168 valence electrons. The molecule has 4 aromatic rings. The van der Waals surface area contributed by atoms with E-state index in [4.69, 9.17) is 4.74 Å². The average molecular weight is 441 g/mol. The summed E-state index contributed by atoms with van der Waals surface area (Å²) < 4.78 is 8.16. The maximum atomic E-state index is 6.07. The van der Waals surface area contributed by atoms with Gasteiger partial charge in [0.25, 0.3) is 0 Å². The molecule has 2 aliphatic heterocycles. The second kappa shape index (κ2) is 8.17. The molecule has 1 spiro atoms. The lowest BCUT2D eigenvalue weighted by Crippen LogP contribution is -2.62. The Labute approximate surface area is 193 Å². The lowest BCUT2D eigenvalue weighted by Gasteiger charge is -2.43. The van der Waals surface area contributed by atoms with Gasteiger partial charge in [0.2, 0.25) is 5.88 Å². The van der Waals surface area contributed by atoms with Gasteiger partial charge < -0.3 is 20.3 Å². The van der Waals surface area contributed by atoms with Crippen LogP contribution >= 0.6 is 0 Å². The van der Waals surface area contributed by atoms with Crippen LogP contribution in [0.3, 0.4) is 0 Å². The molecular weight excluding hydrogens is 412 g/mol. The maximum Gasteiger partial charge on any atom is 0.219 e. The number of aromatic nitrogens is 3. The molecule has 0 unspecified atom stereocenters. The summed E-state index contributed by atoms with van der Waals surface area (Å²) in [6.45, 7) is 6.05. The molecular formula is C26H28N6O. The second-order valence-corrected chi connectivity index (χ2v) is 9.07. The summed E-state index contributed by atoms with van der Waals surface area (Å²) >= 11 is 0. The normalized spacial score (nSPS) is 17.7. The van der Waals surface area contributed by atoms with E-state index >= 15 is 0 Å². The summed E-state index contributed by atoms with van der Waals surface area (Å²) in [6, 6.07) is 18.5. The molecule has 0 atom stereocenters. The van der Waals surface area contributed by atoms with Crippen molar-refractivity contribution in [2.24, 2.45) is 0 Å². The fraction of sp³-hybridized carbons (Fsp3) is 0.308. The Balaban J connectivity index is 1.20. The van der Waals surface area contributed by atoms with Crippen molar-refractivity contribution >= 4 is 16.7 Å².